The summed E-state index contributed by atoms with van der Waals surface area (Å²) in [6.45, 7) is 1.38. The van der Waals surface area contributed by atoms with Crippen LogP contribution in [0.15, 0.2) is 36.7 Å². The highest BCUT2D eigenvalue weighted by Crippen LogP contribution is 2.39. The average molecular weight is 584 g/mol. The Bertz CT molecular complexity index is 1530. The van der Waals surface area contributed by atoms with Gasteiger partial charge in [0.15, 0.2) is 17.3 Å². The summed E-state index contributed by atoms with van der Waals surface area (Å²) in [6, 6.07) is 7.25. The number of methoxy groups -OCH3 is 1. The van der Waals surface area contributed by atoms with Crippen molar-refractivity contribution in [1.82, 2.24) is 34.3 Å². The fourth-order valence-corrected chi connectivity index (χ4v) is 5.51. The van der Waals surface area contributed by atoms with Crippen molar-refractivity contribution in [3.05, 3.63) is 65.0 Å². The molecule has 1 aromatic carbocycles. The van der Waals surface area contributed by atoms with E-state index in [2.05, 4.69) is 20.4 Å². The number of aryl methyl sites for hydroxylation is 1. The molecule has 1 N–H and O–H groups in total. The van der Waals surface area contributed by atoms with Gasteiger partial charge in [-0.15, -0.1) is 0 Å². The van der Waals surface area contributed by atoms with E-state index in [4.69, 9.17) is 9.47 Å². The summed E-state index contributed by atoms with van der Waals surface area (Å²) in [5.41, 5.74) is 2.52. The zero-order valence-electron chi connectivity index (χ0n) is 23.2. The van der Waals surface area contributed by atoms with Gasteiger partial charge in [0.25, 0.3) is 11.8 Å². The number of rotatable bonds is 10. The van der Waals surface area contributed by atoms with E-state index in [0.717, 1.165) is 30.4 Å². The number of hydrogen-bond acceptors (Lipinski definition) is 9. The number of sulfonamides is 1. The molecule has 1 saturated carbocycles. The van der Waals surface area contributed by atoms with Gasteiger partial charge in [0, 0.05) is 63.6 Å². The number of aromatic nitrogens is 4. The molecule has 2 aromatic heterocycles. The number of piperazine rings is 1. The van der Waals surface area contributed by atoms with Crippen molar-refractivity contribution in [2.75, 3.05) is 39.5 Å². The van der Waals surface area contributed by atoms with Crippen molar-refractivity contribution in [2.24, 2.45) is 7.05 Å². The summed E-state index contributed by atoms with van der Waals surface area (Å²) in [7, 11) is 0.0206. The predicted molar refractivity (Wildman–Crippen MR) is 148 cm³/mol. The van der Waals surface area contributed by atoms with Crippen molar-refractivity contribution >= 4 is 21.8 Å². The van der Waals surface area contributed by atoms with Crippen molar-refractivity contribution in [1.29, 1.82) is 0 Å². The van der Waals surface area contributed by atoms with E-state index in [9.17, 15) is 18.0 Å². The molecule has 0 radical (unpaired) electrons. The van der Waals surface area contributed by atoms with Crippen LogP contribution < -0.4 is 14.8 Å². The highest BCUT2D eigenvalue weighted by atomic mass is 32.2. The zero-order chi connectivity index (χ0) is 29.1. The lowest BCUT2D eigenvalue weighted by Crippen LogP contribution is -2.50. The second kappa shape index (κ2) is 11.8. The van der Waals surface area contributed by atoms with Crippen LogP contribution in [0.4, 0.5) is 0 Å². The van der Waals surface area contributed by atoms with Crippen LogP contribution in [0.1, 0.15) is 56.7 Å². The van der Waals surface area contributed by atoms with Crippen molar-refractivity contribution in [3.8, 4) is 11.5 Å². The number of hydrogen-bond donors (Lipinski definition) is 1. The number of amides is 2. The number of benzene rings is 1. The Hall–Kier alpha value is -4.04. The van der Waals surface area contributed by atoms with E-state index >= 15 is 0 Å². The number of nitrogens with one attached hydrogen (secondary N) is 1. The van der Waals surface area contributed by atoms with Crippen LogP contribution in [0.25, 0.3) is 0 Å². The van der Waals surface area contributed by atoms with Crippen molar-refractivity contribution in [2.45, 2.75) is 31.9 Å². The van der Waals surface area contributed by atoms with Crippen molar-refractivity contribution in [3.63, 3.8) is 0 Å². The van der Waals surface area contributed by atoms with Gasteiger partial charge < -0.3 is 19.7 Å². The van der Waals surface area contributed by atoms with E-state index in [1.807, 2.05) is 12.1 Å². The first-order chi connectivity index (χ1) is 19.6. The van der Waals surface area contributed by atoms with Crippen LogP contribution in [-0.2, 0) is 30.2 Å². The second-order valence-electron chi connectivity index (χ2n) is 10.1. The zero-order valence-corrected chi connectivity index (χ0v) is 24.1. The minimum atomic E-state index is -3.28. The molecule has 1 aliphatic heterocycles. The van der Waals surface area contributed by atoms with Crippen LogP contribution in [0.3, 0.4) is 0 Å². The second-order valence-corrected chi connectivity index (χ2v) is 12.1. The van der Waals surface area contributed by atoms with Gasteiger partial charge in [-0.3, -0.25) is 14.3 Å². The summed E-state index contributed by atoms with van der Waals surface area (Å²) in [5, 5.41) is 7.39. The molecule has 218 valence electrons. The third-order valence-electron chi connectivity index (χ3n) is 7.13. The minimum absolute atomic E-state index is 0.0344. The van der Waals surface area contributed by atoms with Gasteiger partial charge in [0.1, 0.15) is 12.3 Å². The average Bonchev–Trinajstić information content (AvgIpc) is 3.75. The van der Waals surface area contributed by atoms with Gasteiger partial charge in [-0.25, -0.2) is 18.4 Å². The molecule has 0 unspecified atom stereocenters. The first-order valence-electron chi connectivity index (χ1n) is 13.3. The molecule has 0 spiro atoms. The Morgan fingerprint density at radius 3 is 2.44 bits per heavy atom. The first kappa shape index (κ1) is 28.5. The lowest BCUT2D eigenvalue weighted by Gasteiger charge is -2.33. The lowest BCUT2D eigenvalue weighted by molar-refractivity contribution is 0.0697. The van der Waals surface area contributed by atoms with E-state index in [-0.39, 0.29) is 38.1 Å². The number of carbonyl (C=O) groups is 2. The molecular formula is C27H33N7O6S. The molecule has 2 amide bonds. The molecule has 1 aliphatic carbocycles. The van der Waals surface area contributed by atoms with Crippen LogP contribution in [0.2, 0.25) is 0 Å². The number of nitrogens with zero attached hydrogens (tertiary/aromatic N) is 6. The minimum Gasteiger partial charge on any atom is -0.493 e. The van der Waals surface area contributed by atoms with Gasteiger partial charge in [0.05, 0.1) is 24.6 Å². The number of carbonyl (C=O) groups excluding carboxylic acids is 2. The molecule has 3 aromatic rings. The Labute approximate surface area is 238 Å². The third-order valence-corrected chi connectivity index (χ3v) is 8.44. The van der Waals surface area contributed by atoms with Gasteiger partial charge in [0.2, 0.25) is 10.0 Å². The molecule has 0 atom stereocenters. The summed E-state index contributed by atoms with van der Waals surface area (Å²) in [6.07, 6.45) is 6.26. The summed E-state index contributed by atoms with van der Waals surface area (Å²) < 4.78 is 37.9. The molecule has 0 bridgehead atoms. The first-order valence-corrected chi connectivity index (χ1v) is 15.1. The standard InChI is InChI=1S/C27H33N7O6S/c1-32-22(13-21(31-32)18-7-8-18)26(35)30-14-19-5-4-6-23(25(19)39-2)40-17-24-28-15-20(16-29-24)27(36)33-9-11-34(12-10-33)41(3,37)38/h4-6,13,15-16,18H,7-12,14,17H2,1-3H3,(H,30,35). The van der Waals surface area contributed by atoms with Crippen LogP contribution >= 0.6 is 0 Å². The molecule has 2 fully saturated rings. The van der Waals surface area contributed by atoms with Gasteiger partial charge in [-0.1, -0.05) is 12.1 Å². The monoisotopic (exact) mass is 583 g/mol. The SMILES string of the molecule is COc1c(CNC(=O)c2cc(C3CC3)nn2C)cccc1OCc1ncc(C(=O)N2CCN(S(C)(=O)=O)CC2)cn1. The van der Waals surface area contributed by atoms with E-state index in [1.54, 1.807) is 28.8 Å². The Balaban J connectivity index is 1.17. The maximum absolute atomic E-state index is 12.8. The van der Waals surface area contributed by atoms with Crippen LogP contribution in [0.5, 0.6) is 11.5 Å². The van der Waals surface area contributed by atoms with Crippen LogP contribution in [-0.4, -0.2) is 88.7 Å². The van der Waals surface area contributed by atoms with Crippen molar-refractivity contribution < 1.29 is 27.5 Å². The predicted octanol–water partition coefficient (Wildman–Crippen LogP) is 1.32. The van der Waals surface area contributed by atoms with Gasteiger partial charge >= 0.3 is 0 Å². The van der Waals surface area contributed by atoms with Crippen LogP contribution in [0, 0.1) is 0 Å². The summed E-state index contributed by atoms with van der Waals surface area (Å²) in [4.78, 5) is 35.7. The molecule has 2 aliphatic rings. The normalized spacial score (nSPS) is 15.9. The highest BCUT2D eigenvalue weighted by molar-refractivity contribution is 7.88. The third kappa shape index (κ3) is 6.65. The summed E-state index contributed by atoms with van der Waals surface area (Å²) >= 11 is 0. The highest BCUT2D eigenvalue weighted by Gasteiger charge is 2.28. The van der Waals surface area contributed by atoms with Gasteiger partial charge in [-0.05, 0) is 25.0 Å². The molecule has 14 heteroatoms. The lowest BCUT2D eigenvalue weighted by atomic mass is 10.1. The molecular weight excluding hydrogens is 550 g/mol. The van der Waals surface area contributed by atoms with E-state index < -0.39 is 10.0 Å². The number of para-hydroxylation sites is 1. The topological polar surface area (TPSA) is 149 Å². The van der Waals surface area contributed by atoms with E-state index in [0.29, 0.717) is 47.6 Å². The number of ether oxygens (including phenoxy) is 2. The Morgan fingerprint density at radius 1 is 1.10 bits per heavy atom. The Kier molecular flexibility index (Phi) is 8.22. The molecule has 3 heterocycles. The summed E-state index contributed by atoms with van der Waals surface area (Å²) in [5.74, 6) is 1.30. The molecule has 13 nitrogen and oxygen atoms in total. The maximum atomic E-state index is 12.8. The fourth-order valence-electron chi connectivity index (χ4n) is 4.68. The Morgan fingerprint density at radius 2 is 1.80 bits per heavy atom. The fraction of sp³-hybridized carbons (Fsp3) is 0.444. The smallest absolute Gasteiger partial charge is 0.269 e. The van der Waals surface area contributed by atoms with E-state index in [1.165, 1.54) is 23.8 Å². The molecule has 41 heavy (non-hydrogen) atoms. The maximum Gasteiger partial charge on any atom is 0.269 e. The quantitative estimate of drug-likeness (QED) is 0.373. The van der Waals surface area contributed by atoms with Gasteiger partial charge in [-0.2, -0.15) is 9.40 Å². The molecule has 1 saturated heterocycles. The largest absolute Gasteiger partial charge is 0.493 e. The molecule has 5 rings (SSSR count).